The van der Waals surface area contributed by atoms with E-state index in [1.165, 1.54) is 56.1 Å². The van der Waals surface area contributed by atoms with Crippen LogP contribution in [0.1, 0.15) is 113 Å². The molecule has 0 saturated heterocycles. The van der Waals surface area contributed by atoms with Crippen LogP contribution in [0.25, 0.3) is 11.3 Å². The number of carbonyl (C=O) groups excluding carboxylic acids is 2. The van der Waals surface area contributed by atoms with Gasteiger partial charge in [-0.25, -0.2) is 4.98 Å². The van der Waals surface area contributed by atoms with Crippen LogP contribution in [0.3, 0.4) is 0 Å². The first kappa shape index (κ1) is 25.0. The van der Waals surface area contributed by atoms with Crippen molar-refractivity contribution in [3.63, 3.8) is 0 Å². The van der Waals surface area contributed by atoms with Crippen LogP contribution >= 0.6 is 0 Å². The molecule has 0 spiro atoms. The summed E-state index contributed by atoms with van der Waals surface area (Å²) in [5.41, 5.74) is 4.76. The minimum atomic E-state index is -0.290. The molecule has 0 aliphatic heterocycles. The predicted molar refractivity (Wildman–Crippen MR) is 139 cm³/mol. The Balaban J connectivity index is 1.47. The van der Waals surface area contributed by atoms with E-state index >= 15 is 0 Å². The summed E-state index contributed by atoms with van der Waals surface area (Å²) in [5.74, 6) is 1.25. The van der Waals surface area contributed by atoms with Crippen molar-refractivity contribution >= 4 is 12.4 Å². The molecule has 1 amide bonds. The number of oxazole rings is 1. The number of ether oxygens (including phenoxy) is 1. The molecule has 3 aliphatic rings. The van der Waals surface area contributed by atoms with Crippen molar-refractivity contribution in [3.05, 3.63) is 41.0 Å². The lowest BCUT2D eigenvalue weighted by Gasteiger charge is -2.33. The summed E-state index contributed by atoms with van der Waals surface area (Å²) in [4.78, 5) is 28.4. The summed E-state index contributed by atoms with van der Waals surface area (Å²) < 4.78 is 11.2. The molecular formula is C30H40N2O4. The monoisotopic (exact) mass is 492 g/mol. The van der Waals surface area contributed by atoms with Crippen LogP contribution in [0.5, 0.6) is 0 Å². The van der Waals surface area contributed by atoms with Gasteiger partial charge in [-0.05, 0) is 52.8 Å². The zero-order valence-corrected chi connectivity index (χ0v) is 22.2. The second-order valence-electron chi connectivity index (χ2n) is 12.6. The predicted octanol–water partition coefficient (Wildman–Crippen LogP) is 6.25. The number of carbonyl (C=O) groups is 2. The zero-order chi connectivity index (χ0) is 25.5. The molecular weight excluding hydrogens is 452 g/mol. The first-order chi connectivity index (χ1) is 17.1. The molecule has 0 bridgehead atoms. The topological polar surface area (TPSA) is 81.4 Å². The molecule has 3 saturated carbocycles. The Kier molecular flexibility index (Phi) is 6.73. The van der Waals surface area contributed by atoms with Gasteiger partial charge in [0.2, 0.25) is 0 Å². The second-order valence-corrected chi connectivity index (χ2v) is 12.6. The maximum atomic E-state index is 13.1. The van der Waals surface area contributed by atoms with Gasteiger partial charge < -0.3 is 14.5 Å². The van der Waals surface area contributed by atoms with E-state index in [0.717, 1.165) is 23.4 Å². The van der Waals surface area contributed by atoms with Crippen molar-refractivity contribution in [1.82, 2.24) is 10.3 Å². The molecule has 1 heterocycles. The highest BCUT2D eigenvalue weighted by Crippen LogP contribution is 2.49. The van der Waals surface area contributed by atoms with E-state index in [-0.39, 0.29) is 34.8 Å². The maximum absolute atomic E-state index is 13.1. The smallest absolute Gasteiger partial charge is 0.307 e. The van der Waals surface area contributed by atoms with Gasteiger partial charge in [-0.15, -0.1) is 0 Å². The number of amides is 1. The zero-order valence-electron chi connectivity index (χ0n) is 22.2. The van der Waals surface area contributed by atoms with Gasteiger partial charge in [0.05, 0.1) is 0 Å². The summed E-state index contributed by atoms with van der Waals surface area (Å²) in [5, 5.41) is 3.01. The summed E-state index contributed by atoms with van der Waals surface area (Å²) >= 11 is 0. The number of hydrogen-bond donors (Lipinski definition) is 1. The van der Waals surface area contributed by atoms with Crippen molar-refractivity contribution < 1.29 is 18.7 Å². The fourth-order valence-electron chi connectivity index (χ4n) is 5.61. The summed E-state index contributed by atoms with van der Waals surface area (Å²) in [6, 6.07) is 6.86. The maximum Gasteiger partial charge on any atom is 0.307 e. The van der Waals surface area contributed by atoms with Gasteiger partial charge in [-0.3, -0.25) is 9.59 Å². The molecule has 1 aromatic carbocycles. The Bertz CT molecular complexity index is 1090. The highest BCUT2D eigenvalue weighted by Gasteiger charge is 2.40. The van der Waals surface area contributed by atoms with E-state index in [1.54, 1.807) is 0 Å². The van der Waals surface area contributed by atoms with Gasteiger partial charge in [0.1, 0.15) is 17.6 Å². The van der Waals surface area contributed by atoms with Crippen LogP contribution in [0.4, 0.5) is 0 Å². The molecule has 1 aromatic heterocycles. The van der Waals surface area contributed by atoms with Crippen LogP contribution in [0.2, 0.25) is 0 Å². The molecule has 36 heavy (non-hydrogen) atoms. The first-order valence-corrected chi connectivity index (χ1v) is 13.7. The molecule has 6 nitrogen and oxygen atoms in total. The molecule has 3 fully saturated rings. The molecule has 0 unspecified atom stereocenters. The number of rotatable bonds is 8. The van der Waals surface area contributed by atoms with Crippen LogP contribution in [-0.4, -0.2) is 29.5 Å². The summed E-state index contributed by atoms with van der Waals surface area (Å²) in [6.07, 6.45) is 10.6. The van der Waals surface area contributed by atoms with Crippen molar-refractivity contribution in [2.24, 2.45) is 5.92 Å². The molecule has 3 aliphatic carbocycles. The Labute approximate surface area is 214 Å². The van der Waals surface area contributed by atoms with Crippen molar-refractivity contribution in [3.8, 4) is 11.3 Å². The van der Waals surface area contributed by atoms with E-state index in [0.29, 0.717) is 25.2 Å². The Morgan fingerprint density at radius 1 is 1.17 bits per heavy atom. The van der Waals surface area contributed by atoms with Gasteiger partial charge in [0, 0.05) is 30.9 Å². The van der Waals surface area contributed by atoms with Gasteiger partial charge in [0.25, 0.3) is 12.4 Å². The quantitative estimate of drug-likeness (QED) is 0.441. The average molecular weight is 493 g/mol. The Morgan fingerprint density at radius 2 is 1.89 bits per heavy atom. The van der Waals surface area contributed by atoms with Crippen molar-refractivity contribution in [2.45, 2.75) is 115 Å². The molecule has 2 aromatic rings. The van der Waals surface area contributed by atoms with Crippen molar-refractivity contribution in [2.75, 3.05) is 0 Å². The third kappa shape index (κ3) is 5.37. The molecule has 5 rings (SSSR count). The first-order valence-electron chi connectivity index (χ1n) is 13.7. The van der Waals surface area contributed by atoms with Crippen LogP contribution in [-0.2, 0) is 26.8 Å². The summed E-state index contributed by atoms with van der Waals surface area (Å²) in [6.45, 7) is 9.55. The molecule has 0 atom stereocenters. The van der Waals surface area contributed by atoms with Crippen LogP contribution in [0.15, 0.2) is 22.6 Å². The van der Waals surface area contributed by atoms with E-state index in [9.17, 15) is 9.59 Å². The number of nitrogens with zero attached hydrogens (tertiary/aromatic N) is 1. The lowest BCUT2D eigenvalue weighted by Crippen LogP contribution is -2.47. The minimum Gasteiger partial charge on any atom is -0.464 e. The number of hydrogen-bond acceptors (Lipinski definition) is 5. The summed E-state index contributed by atoms with van der Waals surface area (Å²) in [7, 11) is 0. The average Bonchev–Trinajstić information content (AvgIpc) is 3.44. The lowest BCUT2D eigenvalue weighted by molar-refractivity contribution is -0.138. The highest BCUT2D eigenvalue weighted by atomic mass is 16.5. The molecule has 194 valence electrons. The normalized spacial score (nSPS) is 23.6. The SMILES string of the molecule is CC(C)(C)c1cc(-c2nc(C(=O)N[C@H]3C[C@H](OC=O)C3)oc2CC2CCCCC2)cc(C2(C)CC2)c1. The van der Waals surface area contributed by atoms with Crippen LogP contribution in [0, 0.1) is 5.92 Å². The molecule has 1 N–H and O–H groups in total. The second kappa shape index (κ2) is 9.68. The van der Waals surface area contributed by atoms with E-state index < -0.39 is 0 Å². The van der Waals surface area contributed by atoms with Crippen molar-refractivity contribution in [1.29, 1.82) is 0 Å². The fraction of sp³-hybridized carbons (Fsp3) is 0.633. The number of benzene rings is 1. The third-order valence-electron chi connectivity index (χ3n) is 8.54. The number of nitrogens with one attached hydrogen (secondary N) is 1. The van der Waals surface area contributed by atoms with Gasteiger partial charge in [0.15, 0.2) is 0 Å². The third-order valence-corrected chi connectivity index (χ3v) is 8.54. The van der Waals surface area contributed by atoms with Gasteiger partial charge in [-0.2, -0.15) is 0 Å². The van der Waals surface area contributed by atoms with E-state index in [4.69, 9.17) is 14.1 Å². The number of aromatic nitrogens is 1. The van der Waals surface area contributed by atoms with Gasteiger partial charge >= 0.3 is 5.91 Å². The standard InChI is InChI=1S/C30H40N2O4/c1-29(2,3)21-13-20(14-22(15-21)30(4)10-11-30)26-25(12-19-8-6-5-7-9-19)36-28(32-26)27(34)31-23-16-24(17-23)35-18-33/h13-15,18-19,23-24H,5-12,16-17H2,1-4H3,(H,31,34)/t23-,24-. The Morgan fingerprint density at radius 3 is 2.53 bits per heavy atom. The highest BCUT2D eigenvalue weighted by molar-refractivity contribution is 5.90. The Hall–Kier alpha value is -2.63. The lowest BCUT2D eigenvalue weighted by atomic mass is 9.81. The fourth-order valence-corrected chi connectivity index (χ4v) is 5.61. The van der Waals surface area contributed by atoms with E-state index in [1.807, 2.05) is 0 Å². The largest absolute Gasteiger partial charge is 0.464 e. The molecule has 0 radical (unpaired) electrons. The molecule has 6 heteroatoms. The minimum absolute atomic E-state index is 0.00777. The van der Waals surface area contributed by atoms with Gasteiger partial charge in [-0.1, -0.05) is 65.9 Å². The van der Waals surface area contributed by atoms with E-state index in [2.05, 4.69) is 51.2 Å². The van der Waals surface area contributed by atoms with Crippen LogP contribution < -0.4 is 5.32 Å².